The Balaban J connectivity index is 1.32. The Hall–Kier alpha value is -4.33. The average Bonchev–Trinajstić information content (AvgIpc) is 3.66. The minimum Gasteiger partial charge on any atom is -0.370 e. The predicted molar refractivity (Wildman–Crippen MR) is 178 cm³/mol. The third kappa shape index (κ3) is 8.08. The third-order valence-corrected chi connectivity index (χ3v) is 8.61. The summed E-state index contributed by atoms with van der Waals surface area (Å²) in [6, 6.07) is 9.48. The van der Waals surface area contributed by atoms with E-state index in [9.17, 15) is 4.79 Å². The zero-order chi connectivity index (χ0) is 32.8. The normalized spacial score (nSPS) is 19.5. The largest absolute Gasteiger partial charge is 0.370 e. The molecule has 8 N–H and O–H groups in total. The van der Waals surface area contributed by atoms with Gasteiger partial charge in [-0.1, -0.05) is 29.4 Å². The standard InChI is InChI=1S/C32H40ClFN10O2/c1-19(35)4-3-5-21-12-25(32(2,34)27(33)13-21)26-14-22-17-44(31(45)42-29(22)41-26)24-8-6-20(7-9-24)16-39-23(10-11-38-30(36)37)15-28-40-18-46-43-28/h6-9,12-14,17-19,23,27,39H,3-5,10-11,15-16,35H2,1-2H3,(H4,36,37,38)(H,41,42,45)/t19-,23+,27?,32?/m0/s1. The SMILES string of the molecule is C[C@H](N)CCCC1=CC(Cl)C(C)(F)C(c2cc3cn(-c4ccc(CN[C@H](CCN=C(N)N)Cc5ncon5)cc4)c(=O)nc3[nH]2)=C1. The summed E-state index contributed by atoms with van der Waals surface area (Å²) in [6.45, 7) is 4.45. The van der Waals surface area contributed by atoms with Gasteiger partial charge in [-0.25, -0.2) is 9.18 Å². The second kappa shape index (κ2) is 14.4. The number of nitrogens with two attached hydrogens (primary N) is 3. The zero-order valence-corrected chi connectivity index (χ0v) is 26.7. The Labute approximate surface area is 271 Å². The monoisotopic (exact) mass is 650 g/mol. The Kier molecular flexibility index (Phi) is 10.3. The van der Waals surface area contributed by atoms with Gasteiger partial charge < -0.3 is 32.0 Å². The molecule has 1 aromatic carbocycles. The highest BCUT2D eigenvalue weighted by Crippen LogP contribution is 2.42. The van der Waals surface area contributed by atoms with Crippen molar-refractivity contribution < 1.29 is 8.91 Å². The molecule has 2 unspecified atom stereocenters. The van der Waals surface area contributed by atoms with Gasteiger partial charge in [-0.3, -0.25) is 9.56 Å². The summed E-state index contributed by atoms with van der Waals surface area (Å²) in [5.41, 5.74) is 18.5. The van der Waals surface area contributed by atoms with Gasteiger partial charge in [-0.2, -0.15) is 9.97 Å². The van der Waals surface area contributed by atoms with Gasteiger partial charge in [-0.15, -0.1) is 11.6 Å². The molecular weight excluding hydrogens is 611 g/mol. The number of allylic oxidation sites excluding steroid dienone is 4. The van der Waals surface area contributed by atoms with Crippen LogP contribution in [0.25, 0.3) is 22.3 Å². The highest BCUT2D eigenvalue weighted by molar-refractivity contribution is 6.24. The predicted octanol–water partition coefficient (Wildman–Crippen LogP) is 3.64. The minimum atomic E-state index is -1.82. The molecule has 12 nitrogen and oxygen atoms in total. The molecule has 1 aliphatic rings. The van der Waals surface area contributed by atoms with Crippen LogP contribution in [0.5, 0.6) is 0 Å². The van der Waals surface area contributed by atoms with Gasteiger partial charge in [0, 0.05) is 54.4 Å². The summed E-state index contributed by atoms with van der Waals surface area (Å²) in [5.74, 6) is 0.624. The van der Waals surface area contributed by atoms with E-state index in [1.54, 1.807) is 18.3 Å². The average molecular weight is 651 g/mol. The van der Waals surface area contributed by atoms with Gasteiger partial charge in [0.15, 0.2) is 17.5 Å². The number of hydrogen-bond donors (Lipinski definition) is 5. The van der Waals surface area contributed by atoms with Gasteiger partial charge in [0.05, 0.1) is 11.1 Å². The number of benzene rings is 1. The van der Waals surface area contributed by atoms with Crippen molar-refractivity contribution in [3.63, 3.8) is 0 Å². The fourth-order valence-corrected chi connectivity index (χ4v) is 5.76. The maximum Gasteiger partial charge on any atom is 0.354 e. The second-order valence-electron chi connectivity index (χ2n) is 11.9. The van der Waals surface area contributed by atoms with Crippen molar-refractivity contribution in [3.05, 3.63) is 88.2 Å². The number of nitrogens with zero attached hydrogens (tertiary/aromatic N) is 5. The quantitative estimate of drug-likeness (QED) is 0.0770. The van der Waals surface area contributed by atoms with E-state index in [0.29, 0.717) is 59.7 Å². The van der Waals surface area contributed by atoms with Crippen LogP contribution in [0.4, 0.5) is 4.39 Å². The van der Waals surface area contributed by atoms with Gasteiger partial charge in [0.25, 0.3) is 0 Å². The first-order chi connectivity index (χ1) is 22.0. The summed E-state index contributed by atoms with van der Waals surface area (Å²) in [4.78, 5) is 28.7. The van der Waals surface area contributed by atoms with E-state index in [1.807, 2.05) is 37.3 Å². The van der Waals surface area contributed by atoms with Gasteiger partial charge in [0.1, 0.15) is 5.65 Å². The highest BCUT2D eigenvalue weighted by Gasteiger charge is 2.40. The molecule has 0 aliphatic heterocycles. The summed E-state index contributed by atoms with van der Waals surface area (Å²) in [7, 11) is 0. The fourth-order valence-electron chi connectivity index (χ4n) is 5.48. The lowest BCUT2D eigenvalue weighted by Gasteiger charge is -2.31. The summed E-state index contributed by atoms with van der Waals surface area (Å²) in [5, 5.41) is 7.23. The van der Waals surface area contributed by atoms with Crippen LogP contribution in [-0.2, 0) is 13.0 Å². The van der Waals surface area contributed by atoms with E-state index >= 15 is 4.39 Å². The Morgan fingerprint density at radius 3 is 2.76 bits per heavy atom. The molecule has 46 heavy (non-hydrogen) atoms. The van der Waals surface area contributed by atoms with Crippen molar-refractivity contribution in [1.29, 1.82) is 0 Å². The molecule has 4 aromatic rings. The number of aliphatic imine (C=N–C) groups is 1. The molecule has 244 valence electrons. The maximum atomic E-state index is 15.9. The number of alkyl halides is 2. The molecular formula is C32H40ClFN10O2. The summed E-state index contributed by atoms with van der Waals surface area (Å²) >= 11 is 6.51. The summed E-state index contributed by atoms with van der Waals surface area (Å²) in [6.07, 6.45) is 10.3. The number of H-pyrrole nitrogens is 1. The van der Waals surface area contributed by atoms with Gasteiger partial charge in [-0.05, 0) is 68.9 Å². The molecule has 5 rings (SSSR count). The lowest BCUT2D eigenvalue weighted by Crippen LogP contribution is -2.33. The van der Waals surface area contributed by atoms with Crippen molar-refractivity contribution in [1.82, 2.24) is 30.0 Å². The minimum absolute atomic E-state index is 0.00173. The van der Waals surface area contributed by atoms with Crippen molar-refractivity contribution in [2.75, 3.05) is 6.54 Å². The number of halogens is 2. The first-order valence-corrected chi connectivity index (χ1v) is 15.7. The summed E-state index contributed by atoms with van der Waals surface area (Å²) < 4.78 is 22.3. The zero-order valence-electron chi connectivity index (χ0n) is 25.9. The third-order valence-electron chi connectivity index (χ3n) is 8.08. The molecule has 0 bridgehead atoms. The molecule has 14 heteroatoms. The van der Waals surface area contributed by atoms with Crippen LogP contribution >= 0.6 is 11.6 Å². The molecule has 3 heterocycles. The molecule has 0 saturated carbocycles. The molecule has 3 aromatic heterocycles. The van der Waals surface area contributed by atoms with E-state index in [4.69, 9.17) is 33.3 Å². The molecule has 0 fully saturated rings. The number of aromatic amines is 1. The number of rotatable bonds is 14. The van der Waals surface area contributed by atoms with Crippen LogP contribution in [0.3, 0.4) is 0 Å². The smallest absolute Gasteiger partial charge is 0.354 e. The highest BCUT2D eigenvalue weighted by atomic mass is 35.5. The van der Waals surface area contributed by atoms with Crippen molar-refractivity contribution >= 4 is 34.2 Å². The van der Waals surface area contributed by atoms with Crippen LogP contribution in [0.2, 0.25) is 0 Å². The van der Waals surface area contributed by atoms with Crippen LogP contribution in [0, 0.1) is 0 Å². The number of fused-ring (bicyclic) bond motifs is 1. The number of guanidine groups is 1. The molecule has 4 atom stereocenters. The first kappa shape index (κ1) is 33.0. The Morgan fingerprint density at radius 1 is 1.28 bits per heavy atom. The molecule has 1 aliphatic carbocycles. The van der Waals surface area contributed by atoms with E-state index in [0.717, 1.165) is 30.4 Å². The van der Waals surface area contributed by atoms with Gasteiger partial charge >= 0.3 is 5.69 Å². The molecule has 0 radical (unpaired) electrons. The van der Waals surface area contributed by atoms with E-state index < -0.39 is 16.7 Å². The number of hydrogen-bond acceptors (Lipinski definition) is 8. The Morgan fingerprint density at radius 2 is 2.07 bits per heavy atom. The van der Waals surface area contributed by atoms with E-state index in [1.165, 1.54) is 17.9 Å². The molecule has 0 amide bonds. The first-order valence-electron chi connectivity index (χ1n) is 15.3. The van der Waals surface area contributed by atoms with E-state index in [2.05, 4.69) is 30.4 Å². The lowest BCUT2D eigenvalue weighted by molar-refractivity contribution is 0.276. The Bertz CT molecular complexity index is 1770. The van der Waals surface area contributed by atoms with Crippen LogP contribution in [-0.4, -0.2) is 60.3 Å². The van der Waals surface area contributed by atoms with Crippen LogP contribution in [0.15, 0.2) is 75.0 Å². The molecule has 0 spiro atoms. The van der Waals surface area contributed by atoms with Gasteiger partial charge in [0.2, 0.25) is 6.39 Å². The maximum absolute atomic E-state index is 15.9. The van der Waals surface area contributed by atoms with Crippen molar-refractivity contribution in [3.8, 4) is 5.69 Å². The molecule has 0 saturated heterocycles. The van der Waals surface area contributed by atoms with Crippen molar-refractivity contribution in [2.24, 2.45) is 22.2 Å². The fraction of sp³-hybridized carbons (Fsp3) is 0.406. The van der Waals surface area contributed by atoms with Crippen LogP contribution in [0.1, 0.15) is 56.6 Å². The second-order valence-corrected chi connectivity index (χ2v) is 12.4. The van der Waals surface area contributed by atoms with Crippen molar-refractivity contribution in [2.45, 2.75) is 75.6 Å². The number of nitrogens with one attached hydrogen (secondary N) is 2. The van der Waals surface area contributed by atoms with E-state index in [-0.39, 0.29) is 18.0 Å². The lowest BCUT2D eigenvalue weighted by atomic mass is 9.83. The number of aromatic nitrogens is 5. The van der Waals surface area contributed by atoms with Crippen LogP contribution < -0.4 is 28.2 Å². The topological polar surface area (TPSA) is 192 Å².